The molecule has 0 aliphatic heterocycles. The summed E-state index contributed by atoms with van der Waals surface area (Å²) in [4.78, 5) is 11.2. The summed E-state index contributed by atoms with van der Waals surface area (Å²) in [5.74, 6) is 0.0966. The van der Waals surface area contributed by atoms with Crippen LogP contribution in [0.25, 0.3) is 0 Å². The fourth-order valence-corrected chi connectivity index (χ4v) is 2.27. The molecule has 0 saturated heterocycles. The highest BCUT2D eigenvalue weighted by Crippen LogP contribution is 2.58. The summed E-state index contributed by atoms with van der Waals surface area (Å²) in [5, 5.41) is 0. The highest BCUT2D eigenvalue weighted by molar-refractivity contribution is 6.33. The fraction of sp³-hybridized carbons (Fsp3) is 0.900. The van der Waals surface area contributed by atoms with Crippen molar-refractivity contribution < 1.29 is 9.53 Å². The minimum absolute atomic E-state index is 0.0966. The molecular weight excluding hydrogens is 188 g/mol. The van der Waals surface area contributed by atoms with E-state index in [0.717, 1.165) is 0 Å². The Bertz CT molecular complexity index is 245. The van der Waals surface area contributed by atoms with Crippen molar-refractivity contribution >= 4 is 17.4 Å². The number of hydrogen-bond donors (Lipinski definition) is 0. The third-order valence-electron chi connectivity index (χ3n) is 3.50. The van der Waals surface area contributed by atoms with Crippen LogP contribution in [0.15, 0.2) is 0 Å². The summed E-state index contributed by atoms with van der Waals surface area (Å²) in [5.41, 5.74) is -1.30. The van der Waals surface area contributed by atoms with E-state index in [4.69, 9.17) is 16.3 Å². The van der Waals surface area contributed by atoms with Gasteiger partial charge < -0.3 is 4.74 Å². The second-order valence-electron chi connectivity index (χ2n) is 4.42. The number of carbonyl (C=O) groups is 1. The Kier molecular flexibility index (Phi) is 2.29. The van der Waals surface area contributed by atoms with Gasteiger partial charge in [-0.2, -0.15) is 0 Å². The Morgan fingerprint density at radius 2 is 1.77 bits per heavy atom. The first-order valence-electron chi connectivity index (χ1n) is 4.59. The largest absolute Gasteiger partial charge is 0.366 e. The number of alkyl halides is 1. The van der Waals surface area contributed by atoms with Gasteiger partial charge in [0.25, 0.3) is 0 Å². The van der Waals surface area contributed by atoms with Gasteiger partial charge in [0.1, 0.15) is 5.60 Å². The lowest BCUT2D eigenvalue weighted by atomic mass is 9.52. The van der Waals surface area contributed by atoms with E-state index in [-0.39, 0.29) is 5.78 Å². The number of ether oxygens (including phenoxy) is 1. The first kappa shape index (κ1) is 11.0. The van der Waals surface area contributed by atoms with Crippen LogP contribution in [0.3, 0.4) is 0 Å². The maximum Gasteiger partial charge on any atom is 0.173 e. The van der Waals surface area contributed by atoms with Crippen LogP contribution >= 0.6 is 11.6 Å². The van der Waals surface area contributed by atoms with Crippen LogP contribution < -0.4 is 0 Å². The number of carbonyl (C=O) groups excluding carboxylic acids is 1. The van der Waals surface area contributed by atoms with E-state index >= 15 is 0 Å². The van der Waals surface area contributed by atoms with Crippen LogP contribution in [0.1, 0.15) is 34.6 Å². The zero-order chi connectivity index (χ0) is 10.5. The molecule has 0 aromatic rings. The lowest BCUT2D eigenvalue weighted by Gasteiger charge is -2.60. The topological polar surface area (TPSA) is 26.3 Å². The molecule has 0 N–H and O–H groups in total. The van der Waals surface area contributed by atoms with Gasteiger partial charge in [0, 0.05) is 12.0 Å². The summed E-state index contributed by atoms with van der Waals surface area (Å²) >= 11 is 6.33. The Morgan fingerprint density at radius 3 is 2.08 bits per heavy atom. The van der Waals surface area contributed by atoms with Crippen molar-refractivity contribution in [3.8, 4) is 0 Å². The van der Waals surface area contributed by atoms with E-state index < -0.39 is 15.9 Å². The van der Waals surface area contributed by atoms with Gasteiger partial charge in [-0.05, 0) is 20.8 Å². The summed E-state index contributed by atoms with van der Waals surface area (Å²) < 4.78 is 5.45. The van der Waals surface area contributed by atoms with Crippen LogP contribution in [0.5, 0.6) is 0 Å². The van der Waals surface area contributed by atoms with Gasteiger partial charge in [-0.25, -0.2) is 0 Å². The maximum absolute atomic E-state index is 11.8. The van der Waals surface area contributed by atoms with E-state index in [2.05, 4.69) is 0 Å². The van der Waals surface area contributed by atoms with Gasteiger partial charge in [-0.3, -0.25) is 4.79 Å². The highest BCUT2D eigenvalue weighted by Gasteiger charge is 2.72. The van der Waals surface area contributed by atoms with Gasteiger partial charge in [0.15, 0.2) is 5.78 Å². The van der Waals surface area contributed by atoms with Gasteiger partial charge in [0.2, 0.25) is 0 Å². The van der Waals surface area contributed by atoms with E-state index in [1.165, 1.54) is 0 Å². The quantitative estimate of drug-likeness (QED) is 0.646. The van der Waals surface area contributed by atoms with Crippen molar-refractivity contribution in [1.29, 1.82) is 0 Å². The molecule has 0 heterocycles. The van der Waals surface area contributed by atoms with Crippen molar-refractivity contribution in [2.45, 2.75) is 45.1 Å². The number of rotatable bonds is 2. The normalized spacial score (nSPS) is 43.1. The number of hydrogen-bond acceptors (Lipinski definition) is 2. The van der Waals surface area contributed by atoms with E-state index in [0.29, 0.717) is 6.61 Å². The molecule has 0 aromatic heterocycles. The van der Waals surface area contributed by atoms with E-state index in [9.17, 15) is 4.79 Å². The van der Waals surface area contributed by atoms with Crippen LogP contribution in [0, 0.1) is 5.41 Å². The molecule has 0 radical (unpaired) electrons. The standard InChI is InChI=1S/C10H17ClO2/c1-6-13-9(4)7(12)8(2,3)10(9,5)11/h6H2,1-5H3/t9-,10+/m1/s1. The Hall–Kier alpha value is -0.0800. The SMILES string of the molecule is CCO[C@]1(C)C(=O)C(C)(C)[C@]1(C)Cl. The third-order valence-corrected chi connectivity index (χ3v) is 4.34. The second-order valence-corrected chi connectivity index (χ2v) is 5.18. The molecule has 1 saturated carbocycles. The molecule has 2 atom stereocenters. The minimum Gasteiger partial charge on any atom is -0.366 e. The van der Waals surface area contributed by atoms with Crippen LogP contribution in [0.2, 0.25) is 0 Å². The molecule has 0 amide bonds. The third kappa shape index (κ3) is 1.02. The average Bonchev–Trinajstić information content (AvgIpc) is 2.02. The average molecular weight is 205 g/mol. The van der Waals surface area contributed by atoms with E-state index in [1.54, 1.807) is 6.92 Å². The van der Waals surface area contributed by atoms with Gasteiger partial charge in [-0.15, -0.1) is 11.6 Å². The van der Waals surface area contributed by atoms with Crippen molar-refractivity contribution in [1.82, 2.24) is 0 Å². The molecule has 0 bridgehead atoms. The van der Waals surface area contributed by atoms with Gasteiger partial charge in [0.05, 0.1) is 4.87 Å². The number of ketones is 1. The molecule has 1 aliphatic carbocycles. The number of Topliss-reactive ketones (excluding diaryl/α,β-unsaturated/α-hetero) is 1. The lowest BCUT2D eigenvalue weighted by Crippen LogP contribution is -2.76. The van der Waals surface area contributed by atoms with Gasteiger partial charge in [-0.1, -0.05) is 13.8 Å². The van der Waals surface area contributed by atoms with Crippen molar-refractivity contribution in [3.63, 3.8) is 0 Å². The first-order valence-corrected chi connectivity index (χ1v) is 4.97. The molecule has 13 heavy (non-hydrogen) atoms. The van der Waals surface area contributed by atoms with Crippen molar-refractivity contribution in [2.24, 2.45) is 5.41 Å². The maximum atomic E-state index is 11.8. The smallest absolute Gasteiger partial charge is 0.173 e. The van der Waals surface area contributed by atoms with Gasteiger partial charge >= 0.3 is 0 Å². The lowest BCUT2D eigenvalue weighted by molar-refractivity contribution is -0.189. The highest BCUT2D eigenvalue weighted by atomic mass is 35.5. The Balaban J connectivity index is 3.00. The molecule has 1 fully saturated rings. The zero-order valence-electron chi connectivity index (χ0n) is 8.90. The predicted octanol–water partition coefficient (Wildman–Crippen LogP) is 2.39. The molecule has 0 aromatic carbocycles. The molecular formula is C10H17ClO2. The van der Waals surface area contributed by atoms with E-state index in [1.807, 2.05) is 27.7 Å². The summed E-state index contributed by atoms with van der Waals surface area (Å²) in [6.07, 6.45) is 0. The zero-order valence-corrected chi connectivity index (χ0v) is 9.66. The molecule has 1 rings (SSSR count). The van der Waals surface area contributed by atoms with Crippen molar-refractivity contribution in [3.05, 3.63) is 0 Å². The minimum atomic E-state index is -0.813. The molecule has 76 valence electrons. The number of halogens is 1. The first-order chi connectivity index (χ1) is 5.72. The fourth-order valence-electron chi connectivity index (χ4n) is 2.05. The molecule has 3 heteroatoms. The molecule has 1 aliphatic rings. The summed E-state index contributed by atoms with van der Waals surface area (Å²) in [6.45, 7) is 9.76. The Morgan fingerprint density at radius 1 is 1.31 bits per heavy atom. The van der Waals surface area contributed by atoms with Crippen LogP contribution in [-0.4, -0.2) is 22.9 Å². The van der Waals surface area contributed by atoms with Crippen molar-refractivity contribution in [2.75, 3.05) is 6.61 Å². The molecule has 0 unspecified atom stereocenters. The predicted molar refractivity (Wildman–Crippen MR) is 53.1 cm³/mol. The molecule has 2 nitrogen and oxygen atoms in total. The Labute approximate surface area is 84.6 Å². The molecule has 0 spiro atoms. The summed E-state index contributed by atoms with van der Waals surface area (Å²) in [7, 11) is 0. The second kappa shape index (κ2) is 2.71. The van der Waals surface area contributed by atoms with Crippen LogP contribution in [0.4, 0.5) is 0 Å². The van der Waals surface area contributed by atoms with Crippen LogP contribution in [-0.2, 0) is 9.53 Å². The summed E-state index contributed by atoms with van der Waals surface area (Å²) in [6, 6.07) is 0. The monoisotopic (exact) mass is 204 g/mol.